The van der Waals surface area contributed by atoms with Crippen LogP contribution in [0.5, 0.6) is 5.75 Å². The van der Waals surface area contributed by atoms with Gasteiger partial charge in [-0.1, -0.05) is 18.2 Å². The zero-order valence-corrected chi connectivity index (χ0v) is 20.8. The van der Waals surface area contributed by atoms with Crippen LogP contribution in [-0.2, 0) is 6.18 Å². The number of rotatable bonds is 5. The molecule has 4 amide bonds. The summed E-state index contributed by atoms with van der Waals surface area (Å²) in [5, 5.41) is 7.85. The number of anilines is 4. The van der Waals surface area contributed by atoms with Gasteiger partial charge in [0.15, 0.2) is 0 Å². The molecule has 0 radical (unpaired) electrons. The van der Waals surface area contributed by atoms with Gasteiger partial charge in [0, 0.05) is 26.2 Å². The first-order valence-corrected chi connectivity index (χ1v) is 11.8. The fourth-order valence-electron chi connectivity index (χ4n) is 4.02. The molecule has 12 heteroatoms. The number of piperazine rings is 1. The zero-order valence-electron chi connectivity index (χ0n) is 20.8. The van der Waals surface area contributed by atoms with Crippen LogP contribution >= 0.6 is 0 Å². The average Bonchev–Trinajstić information content (AvgIpc) is 2.89. The number of hydrogen-bond donors (Lipinski definition) is 3. The second kappa shape index (κ2) is 11.3. The number of alkyl halides is 3. The summed E-state index contributed by atoms with van der Waals surface area (Å²) in [5.74, 6) is 1.19. The van der Waals surface area contributed by atoms with Crippen LogP contribution in [0.1, 0.15) is 11.1 Å². The molecular formula is C26H27F3N6O3. The van der Waals surface area contributed by atoms with Gasteiger partial charge in [-0.2, -0.15) is 13.2 Å². The number of hydrogen-bond acceptors (Lipinski definition) is 5. The van der Waals surface area contributed by atoms with E-state index in [4.69, 9.17) is 4.74 Å². The van der Waals surface area contributed by atoms with Crippen LogP contribution in [0.3, 0.4) is 0 Å². The van der Waals surface area contributed by atoms with E-state index in [1.165, 1.54) is 36.4 Å². The molecule has 1 aromatic heterocycles. The average molecular weight is 529 g/mol. The van der Waals surface area contributed by atoms with Gasteiger partial charge in [-0.3, -0.25) is 0 Å². The van der Waals surface area contributed by atoms with E-state index >= 15 is 0 Å². The van der Waals surface area contributed by atoms with E-state index in [-0.39, 0.29) is 5.69 Å². The van der Waals surface area contributed by atoms with Crippen LogP contribution in [-0.4, -0.2) is 55.2 Å². The Labute approximate surface area is 217 Å². The molecule has 1 fully saturated rings. The largest absolute Gasteiger partial charge is 0.495 e. The number of methoxy groups -OCH3 is 1. The van der Waals surface area contributed by atoms with Crippen LogP contribution in [0.2, 0.25) is 0 Å². The SMILES string of the molecule is COc1ccc(C)cc1NC(=O)Nc1ccc(N2CCN(C(=O)Nc3ccccc3C(F)(F)F)CC2)nc1. The Morgan fingerprint density at radius 2 is 1.66 bits per heavy atom. The molecule has 3 N–H and O–H groups in total. The minimum Gasteiger partial charge on any atom is -0.495 e. The number of carbonyl (C=O) groups excluding carboxylic acids is 2. The lowest BCUT2D eigenvalue weighted by Crippen LogP contribution is -2.50. The summed E-state index contributed by atoms with van der Waals surface area (Å²) < 4.78 is 44.9. The lowest BCUT2D eigenvalue weighted by Gasteiger charge is -2.35. The summed E-state index contributed by atoms with van der Waals surface area (Å²) in [6.45, 7) is 3.42. The molecule has 3 aromatic rings. The maximum Gasteiger partial charge on any atom is 0.418 e. The van der Waals surface area contributed by atoms with Crippen molar-refractivity contribution in [2.45, 2.75) is 13.1 Å². The molecule has 0 saturated carbocycles. The second-order valence-electron chi connectivity index (χ2n) is 8.64. The summed E-state index contributed by atoms with van der Waals surface area (Å²) in [4.78, 5) is 32.8. The number of nitrogens with one attached hydrogen (secondary N) is 3. The van der Waals surface area contributed by atoms with Gasteiger partial charge in [-0.25, -0.2) is 14.6 Å². The fourth-order valence-corrected chi connectivity index (χ4v) is 4.02. The number of aromatic nitrogens is 1. The molecule has 0 spiro atoms. The molecule has 1 saturated heterocycles. The number of urea groups is 2. The number of aryl methyl sites for hydroxylation is 1. The summed E-state index contributed by atoms with van der Waals surface area (Å²) in [7, 11) is 1.52. The van der Waals surface area contributed by atoms with E-state index in [9.17, 15) is 22.8 Å². The van der Waals surface area contributed by atoms with Crippen molar-refractivity contribution in [2.75, 3.05) is 54.1 Å². The standard InChI is InChI=1S/C26H27F3N6O3/c1-17-7-9-22(38-2)21(15-17)32-24(36)31-18-8-10-23(30-16-18)34-11-13-35(14-12-34)25(37)33-20-6-4-3-5-19(20)26(27,28)29/h3-10,15-16H,11-14H2,1-2H3,(H,33,37)(H2,31,32,36). The Balaban J connectivity index is 1.30. The first kappa shape index (κ1) is 26.6. The van der Waals surface area contributed by atoms with Gasteiger partial charge in [0.1, 0.15) is 11.6 Å². The number of amides is 4. The highest BCUT2D eigenvalue weighted by Crippen LogP contribution is 2.34. The van der Waals surface area contributed by atoms with E-state index in [2.05, 4.69) is 20.9 Å². The number of para-hydroxylation sites is 1. The molecule has 38 heavy (non-hydrogen) atoms. The Hall–Kier alpha value is -4.48. The zero-order chi connectivity index (χ0) is 27.3. The van der Waals surface area contributed by atoms with Crippen molar-refractivity contribution in [3.63, 3.8) is 0 Å². The van der Waals surface area contributed by atoms with Gasteiger partial charge in [0.25, 0.3) is 0 Å². The van der Waals surface area contributed by atoms with Crippen LogP contribution in [0.25, 0.3) is 0 Å². The van der Waals surface area contributed by atoms with Gasteiger partial charge in [0.2, 0.25) is 0 Å². The van der Waals surface area contributed by atoms with Gasteiger partial charge in [0.05, 0.1) is 35.9 Å². The lowest BCUT2D eigenvalue weighted by molar-refractivity contribution is -0.136. The Morgan fingerprint density at radius 3 is 2.32 bits per heavy atom. The molecule has 0 aliphatic carbocycles. The molecule has 2 heterocycles. The monoisotopic (exact) mass is 528 g/mol. The predicted molar refractivity (Wildman–Crippen MR) is 139 cm³/mol. The summed E-state index contributed by atoms with van der Waals surface area (Å²) in [6, 6.07) is 12.7. The lowest BCUT2D eigenvalue weighted by atomic mass is 10.1. The van der Waals surface area contributed by atoms with Gasteiger partial charge < -0.3 is 30.5 Å². The van der Waals surface area contributed by atoms with Crippen molar-refractivity contribution in [1.82, 2.24) is 9.88 Å². The minimum atomic E-state index is -4.57. The number of carbonyl (C=O) groups is 2. The van der Waals surface area contributed by atoms with Crippen molar-refractivity contribution in [3.8, 4) is 5.75 Å². The minimum absolute atomic E-state index is 0.276. The maximum atomic E-state index is 13.2. The predicted octanol–water partition coefficient (Wildman–Crippen LogP) is 5.42. The van der Waals surface area contributed by atoms with Crippen LogP contribution in [0.4, 0.5) is 45.6 Å². The van der Waals surface area contributed by atoms with E-state index in [1.807, 2.05) is 17.9 Å². The molecule has 0 atom stereocenters. The van der Waals surface area contributed by atoms with E-state index in [1.54, 1.807) is 24.3 Å². The van der Waals surface area contributed by atoms with Crippen molar-refractivity contribution in [2.24, 2.45) is 0 Å². The Bertz CT molecular complexity index is 1290. The van der Waals surface area contributed by atoms with Crippen molar-refractivity contribution in [1.29, 1.82) is 0 Å². The van der Waals surface area contributed by atoms with Gasteiger partial charge in [-0.15, -0.1) is 0 Å². The van der Waals surface area contributed by atoms with Crippen LogP contribution < -0.4 is 25.6 Å². The summed E-state index contributed by atoms with van der Waals surface area (Å²) >= 11 is 0. The summed E-state index contributed by atoms with van der Waals surface area (Å²) in [5.41, 5.74) is 0.826. The number of ether oxygens (including phenoxy) is 1. The number of benzene rings is 2. The highest BCUT2D eigenvalue weighted by atomic mass is 19.4. The van der Waals surface area contributed by atoms with Crippen molar-refractivity contribution in [3.05, 3.63) is 71.9 Å². The molecule has 200 valence electrons. The molecule has 1 aliphatic rings. The molecule has 1 aliphatic heterocycles. The first-order chi connectivity index (χ1) is 18.1. The van der Waals surface area contributed by atoms with E-state index < -0.39 is 23.8 Å². The molecule has 9 nitrogen and oxygen atoms in total. The Kier molecular flexibility index (Phi) is 7.89. The topological polar surface area (TPSA) is 98.8 Å². The number of pyridine rings is 1. The maximum absolute atomic E-state index is 13.2. The molecular weight excluding hydrogens is 501 g/mol. The second-order valence-corrected chi connectivity index (χ2v) is 8.64. The highest BCUT2D eigenvalue weighted by molar-refractivity contribution is 6.00. The highest BCUT2D eigenvalue weighted by Gasteiger charge is 2.34. The fraction of sp³-hybridized carbons (Fsp3) is 0.269. The van der Waals surface area contributed by atoms with Crippen LogP contribution in [0.15, 0.2) is 60.8 Å². The van der Waals surface area contributed by atoms with Gasteiger partial charge in [-0.05, 0) is 48.9 Å². The van der Waals surface area contributed by atoms with Crippen molar-refractivity contribution < 1.29 is 27.5 Å². The first-order valence-electron chi connectivity index (χ1n) is 11.8. The third-order valence-electron chi connectivity index (χ3n) is 5.97. The number of nitrogens with zero attached hydrogens (tertiary/aromatic N) is 3. The normalized spacial score (nSPS) is 13.6. The van der Waals surface area contributed by atoms with Crippen LogP contribution in [0, 0.1) is 6.92 Å². The molecule has 4 rings (SSSR count). The Morgan fingerprint density at radius 1 is 0.921 bits per heavy atom. The third kappa shape index (κ3) is 6.44. The van der Waals surface area contributed by atoms with Crippen molar-refractivity contribution >= 4 is 34.9 Å². The molecule has 2 aromatic carbocycles. The van der Waals surface area contributed by atoms with E-state index in [0.717, 1.165) is 11.6 Å². The van der Waals surface area contributed by atoms with Gasteiger partial charge >= 0.3 is 18.2 Å². The summed E-state index contributed by atoms with van der Waals surface area (Å²) in [6.07, 6.45) is -3.04. The number of halogens is 3. The molecule has 0 unspecified atom stereocenters. The quantitative estimate of drug-likeness (QED) is 0.411. The smallest absolute Gasteiger partial charge is 0.418 e. The van der Waals surface area contributed by atoms with E-state index in [0.29, 0.717) is 49.1 Å². The third-order valence-corrected chi connectivity index (χ3v) is 5.97. The molecule has 0 bridgehead atoms.